The molecule has 2 N–H and O–H groups in total. The zero-order valence-corrected chi connectivity index (χ0v) is 10.2. The van der Waals surface area contributed by atoms with E-state index in [4.69, 9.17) is 9.52 Å². The summed E-state index contributed by atoms with van der Waals surface area (Å²) in [4.78, 5) is 26.5. The quantitative estimate of drug-likeness (QED) is 0.882. The minimum atomic E-state index is -1.13. The van der Waals surface area contributed by atoms with Gasteiger partial charge in [-0.15, -0.1) is 11.3 Å². The van der Waals surface area contributed by atoms with E-state index in [-0.39, 0.29) is 17.4 Å². The van der Waals surface area contributed by atoms with Gasteiger partial charge in [0.05, 0.1) is 11.6 Å². The summed E-state index contributed by atoms with van der Waals surface area (Å²) in [5.41, 5.74) is -0.0537. The van der Waals surface area contributed by atoms with Crippen LogP contribution in [0.4, 0.5) is 0 Å². The molecule has 2 heterocycles. The van der Waals surface area contributed by atoms with Crippen molar-refractivity contribution in [2.75, 3.05) is 0 Å². The smallest absolute Gasteiger partial charge is 0.338 e. The van der Waals surface area contributed by atoms with Crippen LogP contribution in [0.15, 0.2) is 28.3 Å². The molecule has 2 aromatic heterocycles. The Morgan fingerprint density at radius 2 is 2.33 bits per heavy atom. The number of carbonyl (C=O) groups is 2. The minimum Gasteiger partial charge on any atom is -0.478 e. The first kappa shape index (κ1) is 12.3. The molecule has 18 heavy (non-hydrogen) atoms. The second kappa shape index (κ2) is 5.01. The number of carboxylic acids is 1. The van der Waals surface area contributed by atoms with Crippen LogP contribution in [0.5, 0.6) is 0 Å². The minimum absolute atomic E-state index is 0.0317. The fourth-order valence-corrected chi connectivity index (χ4v) is 1.99. The number of rotatable bonds is 4. The number of aromatic nitrogens is 1. The van der Waals surface area contributed by atoms with Gasteiger partial charge in [-0.05, 0) is 6.92 Å². The lowest BCUT2D eigenvalue weighted by molar-refractivity contribution is 0.0695. The van der Waals surface area contributed by atoms with E-state index in [1.54, 1.807) is 13.1 Å². The summed E-state index contributed by atoms with van der Waals surface area (Å²) in [5, 5.41) is 14.0. The van der Waals surface area contributed by atoms with E-state index in [1.165, 1.54) is 17.4 Å². The van der Waals surface area contributed by atoms with E-state index in [0.717, 1.165) is 11.3 Å². The number of hydrogen-bond donors (Lipinski definition) is 2. The molecular weight excluding hydrogens is 256 g/mol. The van der Waals surface area contributed by atoms with Crippen LogP contribution in [0.3, 0.4) is 0 Å². The number of nitrogens with zero attached hydrogens (tertiary/aromatic N) is 1. The summed E-state index contributed by atoms with van der Waals surface area (Å²) in [7, 11) is 0. The molecule has 2 aromatic rings. The molecule has 7 heteroatoms. The van der Waals surface area contributed by atoms with Crippen LogP contribution in [0.25, 0.3) is 0 Å². The number of hydrogen-bond acceptors (Lipinski definition) is 5. The highest BCUT2D eigenvalue weighted by Crippen LogP contribution is 2.16. The Labute approximate surface area is 106 Å². The van der Waals surface area contributed by atoms with Gasteiger partial charge in [-0.25, -0.2) is 9.78 Å². The van der Waals surface area contributed by atoms with E-state index in [0.29, 0.717) is 0 Å². The van der Waals surface area contributed by atoms with Crippen LogP contribution in [0.1, 0.15) is 38.9 Å². The fraction of sp³-hybridized carbons (Fsp3) is 0.182. The van der Waals surface area contributed by atoms with Crippen molar-refractivity contribution in [3.8, 4) is 0 Å². The first-order chi connectivity index (χ1) is 8.58. The summed E-state index contributed by atoms with van der Waals surface area (Å²) in [6.07, 6.45) is 2.68. The molecule has 0 aliphatic carbocycles. The topological polar surface area (TPSA) is 92.4 Å². The molecule has 1 amide bonds. The van der Waals surface area contributed by atoms with Crippen molar-refractivity contribution in [1.29, 1.82) is 0 Å². The van der Waals surface area contributed by atoms with Gasteiger partial charge in [-0.1, -0.05) is 0 Å². The number of thiazole rings is 1. The molecule has 0 aromatic carbocycles. The number of furan rings is 1. The number of carbonyl (C=O) groups excluding carboxylic acids is 1. The third-order valence-electron chi connectivity index (χ3n) is 2.24. The standard InChI is InChI=1S/C11H10N2O4S/c1-6(10-12-2-3-18-10)13-9(14)8-4-7(5-17-8)11(15)16/h2-6H,1H3,(H,13,14)(H,15,16). The van der Waals surface area contributed by atoms with E-state index in [9.17, 15) is 9.59 Å². The van der Waals surface area contributed by atoms with Gasteiger partial charge in [-0.2, -0.15) is 0 Å². The predicted molar refractivity (Wildman–Crippen MR) is 63.7 cm³/mol. The molecule has 2 rings (SSSR count). The third-order valence-corrected chi connectivity index (χ3v) is 3.20. The largest absolute Gasteiger partial charge is 0.478 e. The van der Waals surface area contributed by atoms with Crippen LogP contribution in [-0.2, 0) is 0 Å². The highest BCUT2D eigenvalue weighted by molar-refractivity contribution is 7.09. The highest BCUT2D eigenvalue weighted by atomic mass is 32.1. The summed E-state index contributed by atoms with van der Waals surface area (Å²) in [6, 6.07) is 0.933. The van der Waals surface area contributed by atoms with Crippen LogP contribution < -0.4 is 5.32 Å². The van der Waals surface area contributed by atoms with Crippen molar-refractivity contribution in [3.63, 3.8) is 0 Å². The maximum Gasteiger partial charge on any atom is 0.338 e. The summed E-state index contributed by atoms with van der Waals surface area (Å²) in [5.74, 6) is -1.63. The first-order valence-corrected chi connectivity index (χ1v) is 5.98. The highest BCUT2D eigenvalue weighted by Gasteiger charge is 2.17. The van der Waals surface area contributed by atoms with Crippen LogP contribution in [0.2, 0.25) is 0 Å². The molecule has 0 bridgehead atoms. The predicted octanol–water partition coefficient (Wildman–Crippen LogP) is 1.93. The maximum atomic E-state index is 11.8. The number of carboxylic acid groups (broad SMARTS) is 1. The summed E-state index contributed by atoms with van der Waals surface area (Å²) < 4.78 is 4.90. The second-order valence-corrected chi connectivity index (χ2v) is 4.50. The average molecular weight is 266 g/mol. The molecule has 0 saturated carbocycles. The Kier molecular flexibility index (Phi) is 3.42. The van der Waals surface area contributed by atoms with Gasteiger partial charge in [0.15, 0.2) is 5.76 Å². The van der Waals surface area contributed by atoms with E-state index < -0.39 is 11.9 Å². The molecule has 0 saturated heterocycles. The van der Waals surface area contributed by atoms with E-state index >= 15 is 0 Å². The van der Waals surface area contributed by atoms with Gasteiger partial charge in [0.2, 0.25) is 0 Å². The Hall–Kier alpha value is -2.15. The van der Waals surface area contributed by atoms with Gasteiger partial charge < -0.3 is 14.8 Å². The normalized spacial score (nSPS) is 12.1. The fourth-order valence-electron chi connectivity index (χ4n) is 1.35. The number of amides is 1. The van der Waals surface area contributed by atoms with Crippen molar-refractivity contribution in [1.82, 2.24) is 10.3 Å². The molecule has 0 fully saturated rings. The van der Waals surface area contributed by atoms with Crippen LogP contribution >= 0.6 is 11.3 Å². The van der Waals surface area contributed by atoms with Gasteiger partial charge in [0, 0.05) is 17.6 Å². The lowest BCUT2D eigenvalue weighted by Gasteiger charge is -2.09. The van der Waals surface area contributed by atoms with Crippen molar-refractivity contribution in [2.24, 2.45) is 0 Å². The summed E-state index contributed by atoms with van der Waals surface area (Å²) in [6.45, 7) is 1.79. The summed E-state index contributed by atoms with van der Waals surface area (Å²) >= 11 is 1.43. The molecule has 0 aliphatic heterocycles. The first-order valence-electron chi connectivity index (χ1n) is 5.10. The molecule has 94 valence electrons. The molecular formula is C11H10N2O4S. The Morgan fingerprint density at radius 3 is 2.89 bits per heavy atom. The van der Waals surface area contributed by atoms with Crippen LogP contribution in [-0.4, -0.2) is 22.0 Å². The van der Waals surface area contributed by atoms with Gasteiger partial charge >= 0.3 is 5.97 Å². The lowest BCUT2D eigenvalue weighted by atomic mass is 10.3. The van der Waals surface area contributed by atoms with Gasteiger partial charge in [0.25, 0.3) is 5.91 Å². The molecule has 0 radical (unpaired) electrons. The molecule has 1 atom stereocenters. The Morgan fingerprint density at radius 1 is 1.56 bits per heavy atom. The van der Waals surface area contributed by atoms with Crippen LogP contribution in [0, 0.1) is 0 Å². The van der Waals surface area contributed by atoms with Crippen molar-refractivity contribution >= 4 is 23.2 Å². The molecule has 1 unspecified atom stereocenters. The van der Waals surface area contributed by atoms with Crippen molar-refractivity contribution < 1.29 is 19.1 Å². The molecule has 0 aliphatic rings. The monoisotopic (exact) mass is 266 g/mol. The lowest BCUT2D eigenvalue weighted by Crippen LogP contribution is -2.26. The second-order valence-electron chi connectivity index (χ2n) is 3.57. The zero-order chi connectivity index (χ0) is 13.1. The number of nitrogens with one attached hydrogen (secondary N) is 1. The van der Waals surface area contributed by atoms with Crippen molar-refractivity contribution in [2.45, 2.75) is 13.0 Å². The van der Waals surface area contributed by atoms with Gasteiger partial charge in [-0.3, -0.25) is 4.79 Å². The van der Waals surface area contributed by atoms with Gasteiger partial charge in [0.1, 0.15) is 11.3 Å². The van der Waals surface area contributed by atoms with Crippen molar-refractivity contribution in [3.05, 3.63) is 40.2 Å². The van der Waals surface area contributed by atoms with E-state index in [1.807, 2.05) is 5.38 Å². The Balaban J connectivity index is 2.05. The molecule has 6 nitrogen and oxygen atoms in total. The third kappa shape index (κ3) is 2.57. The molecule has 0 spiro atoms. The SMILES string of the molecule is CC(NC(=O)c1cc(C(=O)O)co1)c1nccs1. The average Bonchev–Trinajstić information content (AvgIpc) is 3.00. The number of aromatic carboxylic acids is 1. The van der Waals surface area contributed by atoms with E-state index in [2.05, 4.69) is 10.3 Å². The zero-order valence-electron chi connectivity index (χ0n) is 9.41. The maximum absolute atomic E-state index is 11.8. The Bertz CT molecular complexity index is 561.